The van der Waals surface area contributed by atoms with Crippen LogP contribution in [0.3, 0.4) is 0 Å². The van der Waals surface area contributed by atoms with Crippen molar-refractivity contribution in [3.05, 3.63) is 0 Å². The van der Waals surface area contributed by atoms with Crippen LogP contribution in [-0.4, -0.2) is 48.8 Å². The van der Waals surface area contributed by atoms with Gasteiger partial charge in [0.05, 0.1) is 12.2 Å². The highest BCUT2D eigenvalue weighted by Gasteiger charge is 2.37. The summed E-state index contributed by atoms with van der Waals surface area (Å²) in [4.78, 5) is 2.62. The summed E-state index contributed by atoms with van der Waals surface area (Å²) < 4.78 is 5.86. The van der Waals surface area contributed by atoms with Crippen LogP contribution in [0.1, 0.15) is 32.6 Å². The molecule has 15 heavy (non-hydrogen) atoms. The molecule has 3 unspecified atom stereocenters. The third kappa shape index (κ3) is 2.05. The van der Waals surface area contributed by atoms with Gasteiger partial charge in [0.25, 0.3) is 0 Å². The Morgan fingerprint density at radius 2 is 2.07 bits per heavy atom. The van der Waals surface area contributed by atoms with Crippen molar-refractivity contribution in [3.8, 4) is 0 Å². The zero-order chi connectivity index (χ0) is 10.3. The first-order chi connectivity index (χ1) is 7.23. The fourth-order valence-electron chi connectivity index (χ4n) is 3.41. The van der Waals surface area contributed by atoms with E-state index >= 15 is 0 Å². The van der Waals surface area contributed by atoms with Gasteiger partial charge in [0.1, 0.15) is 0 Å². The fourth-order valence-corrected chi connectivity index (χ4v) is 3.41. The Bertz CT molecular complexity index is 226. The molecule has 0 aromatic heterocycles. The van der Waals surface area contributed by atoms with Crippen molar-refractivity contribution in [2.75, 3.05) is 26.2 Å². The molecule has 0 aromatic carbocycles. The molecule has 0 aliphatic carbocycles. The maximum atomic E-state index is 5.86. The Morgan fingerprint density at radius 3 is 2.67 bits per heavy atom. The number of nitrogens with one attached hydrogen (secondary N) is 1. The van der Waals surface area contributed by atoms with Gasteiger partial charge in [0.15, 0.2) is 0 Å². The maximum Gasteiger partial charge on any atom is 0.0707 e. The number of hydrogen-bond donors (Lipinski definition) is 1. The summed E-state index contributed by atoms with van der Waals surface area (Å²) in [6.07, 6.45) is 6.31. The van der Waals surface area contributed by atoms with Gasteiger partial charge in [-0.2, -0.15) is 0 Å². The van der Waals surface area contributed by atoms with Crippen molar-refractivity contribution in [2.45, 2.75) is 50.4 Å². The first-order valence-electron chi connectivity index (χ1n) is 6.36. The van der Waals surface area contributed by atoms with E-state index < -0.39 is 0 Å². The lowest BCUT2D eigenvalue weighted by Crippen LogP contribution is -2.52. The van der Waals surface area contributed by atoms with E-state index in [1.165, 1.54) is 38.8 Å². The van der Waals surface area contributed by atoms with E-state index in [0.29, 0.717) is 17.7 Å². The predicted molar refractivity (Wildman–Crippen MR) is 60.0 cm³/mol. The predicted octanol–water partition coefficient (Wildman–Crippen LogP) is 0.992. The Balaban J connectivity index is 1.59. The standard InChI is InChI=1S/C12H22N2O/c1-12(5-2-6-13-12)9-14-7-10-3-4-11(8-14)15-10/h10-11,13H,2-9H2,1H3. The van der Waals surface area contributed by atoms with E-state index in [2.05, 4.69) is 17.1 Å². The number of likely N-dealkylation sites (tertiary alicyclic amines) is 1. The highest BCUT2D eigenvalue weighted by molar-refractivity contribution is 4.94. The molecule has 3 saturated heterocycles. The van der Waals surface area contributed by atoms with Gasteiger partial charge in [-0.15, -0.1) is 0 Å². The van der Waals surface area contributed by atoms with Crippen molar-refractivity contribution in [1.29, 1.82) is 0 Å². The summed E-state index contributed by atoms with van der Waals surface area (Å²) in [5, 5.41) is 3.65. The zero-order valence-corrected chi connectivity index (χ0v) is 9.67. The molecule has 3 heteroatoms. The molecule has 3 rings (SSSR count). The van der Waals surface area contributed by atoms with Gasteiger partial charge in [0, 0.05) is 25.2 Å². The third-order valence-corrected chi connectivity index (χ3v) is 4.15. The number of nitrogens with zero attached hydrogens (tertiary/aromatic N) is 1. The minimum atomic E-state index is 0.372. The summed E-state index contributed by atoms with van der Waals surface area (Å²) in [5.41, 5.74) is 0.372. The summed E-state index contributed by atoms with van der Waals surface area (Å²) in [6.45, 7) is 7.11. The highest BCUT2D eigenvalue weighted by Crippen LogP contribution is 2.28. The smallest absolute Gasteiger partial charge is 0.0707 e. The van der Waals surface area contributed by atoms with Crippen LogP contribution < -0.4 is 5.32 Å². The van der Waals surface area contributed by atoms with Crippen molar-refractivity contribution >= 4 is 0 Å². The quantitative estimate of drug-likeness (QED) is 0.735. The average molecular weight is 210 g/mol. The molecule has 0 saturated carbocycles. The van der Waals surface area contributed by atoms with E-state index in [4.69, 9.17) is 4.74 Å². The van der Waals surface area contributed by atoms with Crippen LogP contribution in [0.4, 0.5) is 0 Å². The van der Waals surface area contributed by atoms with Crippen molar-refractivity contribution in [1.82, 2.24) is 10.2 Å². The SMILES string of the molecule is CC1(CN2CC3CCC(C2)O3)CCCN1. The zero-order valence-electron chi connectivity index (χ0n) is 9.67. The molecule has 2 bridgehead atoms. The summed E-state index contributed by atoms with van der Waals surface area (Å²) >= 11 is 0. The van der Waals surface area contributed by atoms with Crippen LogP contribution in [-0.2, 0) is 4.74 Å². The number of morpholine rings is 1. The number of rotatable bonds is 2. The average Bonchev–Trinajstić information content (AvgIpc) is 2.74. The van der Waals surface area contributed by atoms with Gasteiger partial charge in [0.2, 0.25) is 0 Å². The van der Waals surface area contributed by atoms with Gasteiger partial charge in [-0.3, -0.25) is 4.90 Å². The fraction of sp³-hybridized carbons (Fsp3) is 1.00. The molecule has 3 fully saturated rings. The van der Waals surface area contributed by atoms with Gasteiger partial charge in [-0.05, 0) is 39.2 Å². The van der Waals surface area contributed by atoms with Gasteiger partial charge in [-0.25, -0.2) is 0 Å². The maximum absolute atomic E-state index is 5.86. The van der Waals surface area contributed by atoms with Crippen LogP contribution in [0.5, 0.6) is 0 Å². The molecule has 3 aliphatic rings. The number of ether oxygens (including phenoxy) is 1. The minimum Gasteiger partial charge on any atom is -0.372 e. The second-order valence-electron chi connectivity index (χ2n) is 5.74. The Kier molecular flexibility index (Phi) is 2.49. The molecule has 0 spiro atoms. The lowest BCUT2D eigenvalue weighted by molar-refractivity contribution is -0.0443. The molecule has 3 atom stereocenters. The second kappa shape index (κ2) is 3.72. The molecule has 3 aliphatic heterocycles. The molecule has 0 aromatic rings. The van der Waals surface area contributed by atoms with Crippen molar-refractivity contribution in [2.24, 2.45) is 0 Å². The molecule has 3 nitrogen and oxygen atoms in total. The molecule has 1 N–H and O–H groups in total. The molecule has 0 amide bonds. The van der Waals surface area contributed by atoms with E-state index in [9.17, 15) is 0 Å². The van der Waals surface area contributed by atoms with E-state index in [1.807, 2.05) is 0 Å². The highest BCUT2D eigenvalue weighted by atomic mass is 16.5. The van der Waals surface area contributed by atoms with E-state index in [1.54, 1.807) is 0 Å². The first kappa shape index (κ1) is 10.1. The van der Waals surface area contributed by atoms with Crippen LogP contribution >= 0.6 is 0 Å². The molecular weight excluding hydrogens is 188 g/mol. The molecule has 0 radical (unpaired) electrons. The van der Waals surface area contributed by atoms with E-state index in [0.717, 1.165) is 13.1 Å². The van der Waals surface area contributed by atoms with Crippen LogP contribution in [0.2, 0.25) is 0 Å². The monoisotopic (exact) mass is 210 g/mol. The Hall–Kier alpha value is -0.120. The van der Waals surface area contributed by atoms with Crippen LogP contribution in [0.25, 0.3) is 0 Å². The lowest BCUT2D eigenvalue weighted by atomic mass is 9.99. The Morgan fingerprint density at radius 1 is 1.33 bits per heavy atom. The van der Waals surface area contributed by atoms with Crippen molar-refractivity contribution < 1.29 is 4.74 Å². The number of fused-ring (bicyclic) bond motifs is 2. The van der Waals surface area contributed by atoms with E-state index in [-0.39, 0.29) is 0 Å². The second-order valence-corrected chi connectivity index (χ2v) is 5.74. The normalized spacial score (nSPS) is 46.2. The molecule has 86 valence electrons. The van der Waals surface area contributed by atoms with Crippen LogP contribution in [0, 0.1) is 0 Å². The summed E-state index contributed by atoms with van der Waals surface area (Å²) in [6, 6.07) is 0. The van der Waals surface area contributed by atoms with Crippen molar-refractivity contribution in [3.63, 3.8) is 0 Å². The van der Waals surface area contributed by atoms with Gasteiger partial charge < -0.3 is 10.1 Å². The minimum absolute atomic E-state index is 0.372. The topological polar surface area (TPSA) is 24.5 Å². The largest absolute Gasteiger partial charge is 0.372 e. The van der Waals surface area contributed by atoms with Gasteiger partial charge in [-0.1, -0.05) is 0 Å². The summed E-state index contributed by atoms with van der Waals surface area (Å²) in [7, 11) is 0. The molecule has 3 heterocycles. The third-order valence-electron chi connectivity index (χ3n) is 4.15. The number of hydrogen-bond acceptors (Lipinski definition) is 3. The lowest BCUT2D eigenvalue weighted by Gasteiger charge is -2.37. The Labute approximate surface area is 92.2 Å². The van der Waals surface area contributed by atoms with Crippen LogP contribution in [0.15, 0.2) is 0 Å². The first-order valence-corrected chi connectivity index (χ1v) is 6.36. The summed E-state index contributed by atoms with van der Waals surface area (Å²) in [5.74, 6) is 0. The van der Waals surface area contributed by atoms with Gasteiger partial charge >= 0.3 is 0 Å². The molecular formula is C12H22N2O.